The Hall–Kier alpha value is -3.23. The molecule has 2 heterocycles. The number of benzene rings is 2. The van der Waals surface area contributed by atoms with E-state index in [1.54, 1.807) is 28.9 Å². The van der Waals surface area contributed by atoms with E-state index in [-0.39, 0.29) is 23.8 Å². The minimum absolute atomic E-state index is 0.0131. The third-order valence-electron chi connectivity index (χ3n) is 3.81. The second kappa shape index (κ2) is 8.85. The zero-order valence-electron chi connectivity index (χ0n) is 15.0. The standard InChI is InChI=1S/C19H15Cl2N7O/c20-14-6-8-15(9-7-14)22-18-23-17(21)24-19(25-18)29-12-16-11-28(27-26-16)10-13-4-2-1-3-5-13/h1-9,11H,10,12H2,(H,22,23,24,25). The van der Waals surface area contributed by atoms with E-state index in [9.17, 15) is 0 Å². The second-order valence-corrected chi connectivity index (χ2v) is 6.80. The lowest BCUT2D eigenvalue weighted by Gasteiger charge is -2.07. The first kappa shape index (κ1) is 19.1. The third-order valence-corrected chi connectivity index (χ3v) is 4.23. The van der Waals surface area contributed by atoms with Crippen LogP contribution < -0.4 is 10.1 Å². The van der Waals surface area contributed by atoms with Crippen molar-refractivity contribution in [1.82, 2.24) is 29.9 Å². The van der Waals surface area contributed by atoms with Gasteiger partial charge < -0.3 is 10.1 Å². The van der Waals surface area contributed by atoms with E-state index in [4.69, 9.17) is 27.9 Å². The molecule has 4 aromatic rings. The molecule has 0 aliphatic heterocycles. The molecule has 1 N–H and O–H groups in total. The van der Waals surface area contributed by atoms with Crippen molar-refractivity contribution in [3.05, 3.63) is 82.4 Å². The Bertz CT molecular complexity index is 1090. The summed E-state index contributed by atoms with van der Waals surface area (Å²) in [7, 11) is 0. The number of halogens is 2. The van der Waals surface area contributed by atoms with E-state index >= 15 is 0 Å². The van der Waals surface area contributed by atoms with Crippen molar-refractivity contribution < 1.29 is 4.74 Å². The van der Waals surface area contributed by atoms with Crippen molar-refractivity contribution in [3.8, 4) is 6.01 Å². The Kier molecular flexibility index (Phi) is 5.83. The SMILES string of the molecule is Clc1ccc(Nc2nc(Cl)nc(OCc3cn(Cc4ccccc4)nn3)n2)cc1. The largest absolute Gasteiger partial charge is 0.457 e. The summed E-state index contributed by atoms with van der Waals surface area (Å²) < 4.78 is 7.35. The van der Waals surface area contributed by atoms with Gasteiger partial charge in [-0.1, -0.05) is 47.1 Å². The number of nitrogens with zero attached hydrogens (tertiary/aromatic N) is 6. The van der Waals surface area contributed by atoms with E-state index in [0.29, 0.717) is 17.3 Å². The van der Waals surface area contributed by atoms with Gasteiger partial charge in [0, 0.05) is 10.7 Å². The summed E-state index contributed by atoms with van der Waals surface area (Å²) in [6.07, 6.45) is 1.81. The van der Waals surface area contributed by atoms with E-state index in [1.165, 1.54) is 0 Å². The predicted molar refractivity (Wildman–Crippen MR) is 109 cm³/mol. The van der Waals surface area contributed by atoms with Gasteiger partial charge in [0.15, 0.2) is 0 Å². The molecule has 0 aliphatic carbocycles. The van der Waals surface area contributed by atoms with Crippen LogP contribution in [-0.2, 0) is 13.2 Å². The van der Waals surface area contributed by atoms with Crippen LogP contribution in [0.4, 0.5) is 11.6 Å². The van der Waals surface area contributed by atoms with Crippen LogP contribution in [0.1, 0.15) is 11.3 Å². The maximum atomic E-state index is 5.98. The minimum Gasteiger partial charge on any atom is -0.457 e. The molecule has 0 bridgehead atoms. The van der Waals surface area contributed by atoms with Crippen molar-refractivity contribution >= 4 is 34.8 Å². The van der Waals surface area contributed by atoms with E-state index in [2.05, 4.69) is 30.6 Å². The minimum atomic E-state index is 0.0131. The Balaban J connectivity index is 1.39. The lowest BCUT2D eigenvalue weighted by atomic mass is 10.2. The molecule has 0 amide bonds. The highest BCUT2D eigenvalue weighted by molar-refractivity contribution is 6.30. The average molecular weight is 428 g/mol. The van der Waals surface area contributed by atoms with Gasteiger partial charge >= 0.3 is 6.01 Å². The molecule has 0 saturated heterocycles. The summed E-state index contributed by atoms with van der Waals surface area (Å²) in [4.78, 5) is 12.2. The fraction of sp³-hybridized carbons (Fsp3) is 0.105. The van der Waals surface area contributed by atoms with Gasteiger partial charge in [-0.2, -0.15) is 15.0 Å². The van der Waals surface area contributed by atoms with Gasteiger partial charge in [0.2, 0.25) is 11.2 Å². The Labute approximate surface area is 176 Å². The molecule has 0 saturated carbocycles. The first-order valence-corrected chi connectivity index (χ1v) is 9.39. The summed E-state index contributed by atoms with van der Waals surface area (Å²) in [5, 5.41) is 11.9. The quantitative estimate of drug-likeness (QED) is 0.473. The van der Waals surface area contributed by atoms with Crippen molar-refractivity contribution in [3.63, 3.8) is 0 Å². The van der Waals surface area contributed by atoms with Gasteiger partial charge in [0.25, 0.3) is 0 Å². The van der Waals surface area contributed by atoms with Gasteiger partial charge in [-0.05, 0) is 41.4 Å². The summed E-state index contributed by atoms with van der Waals surface area (Å²) in [5.41, 5.74) is 2.53. The van der Waals surface area contributed by atoms with E-state index < -0.39 is 0 Å². The zero-order valence-corrected chi connectivity index (χ0v) is 16.5. The number of nitrogens with one attached hydrogen (secondary N) is 1. The van der Waals surface area contributed by atoms with E-state index in [1.807, 2.05) is 36.5 Å². The Morgan fingerprint density at radius 3 is 2.52 bits per heavy atom. The fourth-order valence-corrected chi connectivity index (χ4v) is 2.78. The molecule has 0 aliphatic rings. The highest BCUT2D eigenvalue weighted by Crippen LogP contribution is 2.19. The molecule has 0 fully saturated rings. The van der Waals surface area contributed by atoms with Crippen LogP contribution in [0, 0.1) is 0 Å². The number of aromatic nitrogens is 6. The van der Waals surface area contributed by atoms with Gasteiger partial charge in [-0.15, -0.1) is 5.10 Å². The molecular formula is C19H15Cl2N7O. The molecule has 0 spiro atoms. The average Bonchev–Trinajstić information content (AvgIpc) is 3.16. The first-order valence-electron chi connectivity index (χ1n) is 8.64. The van der Waals surface area contributed by atoms with Gasteiger partial charge in [0.05, 0.1) is 12.7 Å². The highest BCUT2D eigenvalue weighted by atomic mass is 35.5. The first-order chi connectivity index (χ1) is 14.1. The molecule has 0 atom stereocenters. The number of hydrogen-bond donors (Lipinski definition) is 1. The van der Waals surface area contributed by atoms with Gasteiger partial charge in [0.1, 0.15) is 12.3 Å². The summed E-state index contributed by atoms with van der Waals surface area (Å²) >= 11 is 11.9. The third kappa shape index (κ3) is 5.40. The normalized spacial score (nSPS) is 10.7. The van der Waals surface area contributed by atoms with Crippen LogP contribution in [0.2, 0.25) is 10.3 Å². The molecule has 4 rings (SSSR count). The summed E-state index contributed by atoms with van der Waals surface area (Å²) in [5.74, 6) is 0.259. The highest BCUT2D eigenvalue weighted by Gasteiger charge is 2.09. The zero-order chi connectivity index (χ0) is 20.1. The van der Waals surface area contributed by atoms with Crippen molar-refractivity contribution in [2.24, 2.45) is 0 Å². The molecule has 0 unspecified atom stereocenters. The van der Waals surface area contributed by atoms with Crippen LogP contribution in [0.5, 0.6) is 6.01 Å². The Morgan fingerprint density at radius 2 is 1.72 bits per heavy atom. The molecular weight excluding hydrogens is 413 g/mol. The molecule has 146 valence electrons. The molecule has 8 nitrogen and oxygen atoms in total. The summed E-state index contributed by atoms with van der Waals surface area (Å²) in [6, 6.07) is 17.2. The smallest absolute Gasteiger partial charge is 0.322 e. The number of anilines is 2. The molecule has 10 heteroatoms. The maximum Gasteiger partial charge on any atom is 0.322 e. The van der Waals surface area contributed by atoms with Crippen LogP contribution in [0.25, 0.3) is 0 Å². The second-order valence-electron chi connectivity index (χ2n) is 6.02. The van der Waals surface area contributed by atoms with Crippen molar-refractivity contribution in [2.45, 2.75) is 13.2 Å². The van der Waals surface area contributed by atoms with Gasteiger partial charge in [-0.25, -0.2) is 4.68 Å². The Morgan fingerprint density at radius 1 is 0.931 bits per heavy atom. The van der Waals surface area contributed by atoms with Gasteiger partial charge in [-0.3, -0.25) is 0 Å². The number of rotatable bonds is 7. The molecule has 29 heavy (non-hydrogen) atoms. The van der Waals surface area contributed by atoms with E-state index in [0.717, 1.165) is 11.3 Å². The lowest BCUT2D eigenvalue weighted by Crippen LogP contribution is -2.04. The van der Waals surface area contributed by atoms with Crippen LogP contribution in [0.3, 0.4) is 0 Å². The predicted octanol–water partition coefficient (Wildman–Crippen LogP) is 4.14. The molecule has 0 radical (unpaired) electrons. The summed E-state index contributed by atoms with van der Waals surface area (Å²) in [6.45, 7) is 0.774. The maximum absolute atomic E-state index is 5.98. The topological polar surface area (TPSA) is 90.6 Å². The number of ether oxygens (including phenoxy) is 1. The van der Waals surface area contributed by atoms with Crippen LogP contribution in [-0.4, -0.2) is 29.9 Å². The number of hydrogen-bond acceptors (Lipinski definition) is 7. The lowest BCUT2D eigenvalue weighted by molar-refractivity contribution is 0.276. The molecule has 2 aromatic heterocycles. The van der Waals surface area contributed by atoms with Crippen LogP contribution >= 0.6 is 23.2 Å². The van der Waals surface area contributed by atoms with Crippen molar-refractivity contribution in [1.29, 1.82) is 0 Å². The molecule has 2 aromatic carbocycles. The fourth-order valence-electron chi connectivity index (χ4n) is 2.51. The van der Waals surface area contributed by atoms with Crippen molar-refractivity contribution in [2.75, 3.05) is 5.32 Å². The monoisotopic (exact) mass is 427 g/mol. The van der Waals surface area contributed by atoms with Crippen LogP contribution in [0.15, 0.2) is 60.8 Å².